The fourth-order valence-electron chi connectivity index (χ4n) is 2.03. The highest BCUT2D eigenvalue weighted by Crippen LogP contribution is 2.36. The van der Waals surface area contributed by atoms with Gasteiger partial charge in [-0.15, -0.1) is 5.10 Å². The van der Waals surface area contributed by atoms with Gasteiger partial charge < -0.3 is 15.2 Å². The fourth-order valence-corrected chi connectivity index (χ4v) is 2.03. The molecule has 0 aliphatic heterocycles. The quantitative estimate of drug-likeness (QED) is 0.819. The van der Waals surface area contributed by atoms with Crippen LogP contribution in [0.5, 0.6) is 11.5 Å². The van der Waals surface area contributed by atoms with Gasteiger partial charge in [-0.05, 0) is 22.4 Å². The van der Waals surface area contributed by atoms with E-state index in [1.165, 1.54) is 0 Å². The van der Waals surface area contributed by atoms with E-state index in [-0.39, 0.29) is 0 Å². The van der Waals surface area contributed by atoms with Crippen LogP contribution in [0.2, 0.25) is 0 Å². The van der Waals surface area contributed by atoms with E-state index in [0.29, 0.717) is 28.9 Å². The van der Waals surface area contributed by atoms with Crippen LogP contribution in [0.15, 0.2) is 12.1 Å². The number of methoxy groups -OCH3 is 2. The minimum Gasteiger partial charge on any atom is -0.493 e. The summed E-state index contributed by atoms with van der Waals surface area (Å²) in [6.07, 6.45) is 1.06. The molecule has 0 aliphatic rings. The molecule has 1 atom stereocenters. The number of hydrogen-bond donors (Lipinski definition) is 1. The summed E-state index contributed by atoms with van der Waals surface area (Å²) in [4.78, 5) is 0. The summed E-state index contributed by atoms with van der Waals surface area (Å²) in [6.45, 7) is 5.04. The normalized spacial score (nSPS) is 12.2. The minimum atomic E-state index is 0.480. The fraction of sp³-hybridized carbons (Fsp3) is 0.500. The molecule has 1 aromatic heterocycles. The van der Waals surface area contributed by atoms with Crippen molar-refractivity contribution in [3.8, 4) is 22.9 Å². The third-order valence-corrected chi connectivity index (χ3v) is 3.51. The molecule has 114 valence electrons. The first-order valence-corrected chi connectivity index (χ1v) is 6.88. The third kappa shape index (κ3) is 3.07. The largest absolute Gasteiger partial charge is 0.493 e. The van der Waals surface area contributed by atoms with Gasteiger partial charge in [0, 0.05) is 23.9 Å². The lowest BCUT2D eigenvalue weighted by atomic mass is 10.1. The summed E-state index contributed by atoms with van der Waals surface area (Å²) in [5.74, 6) is 2.29. The molecule has 7 heteroatoms. The summed E-state index contributed by atoms with van der Waals surface area (Å²) in [6, 6.07) is 3.52. The molecule has 2 rings (SSSR count). The maximum absolute atomic E-state index is 6.10. The zero-order chi connectivity index (χ0) is 15.4. The monoisotopic (exact) mass is 291 g/mol. The molecule has 0 amide bonds. The summed E-state index contributed by atoms with van der Waals surface area (Å²) >= 11 is 0. The molecule has 2 N–H and O–H groups in total. The Morgan fingerprint density at radius 2 is 1.90 bits per heavy atom. The van der Waals surface area contributed by atoms with Crippen molar-refractivity contribution in [2.75, 3.05) is 20.0 Å². The molecule has 0 saturated carbocycles. The molecule has 0 spiro atoms. The van der Waals surface area contributed by atoms with E-state index in [4.69, 9.17) is 15.2 Å². The lowest BCUT2D eigenvalue weighted by Gasteiger charge is -2.13. The van der Waals surface area contributed by atoms with Gasteiger partial charge in [-0.2, -0.15) is 0 Å². The van der Waals surface area contributed by atoms with Gasteiger partial charge in [-0.3, -0.25) is 0 Å². The van der Waals surface area contributed by atoms with Crippen LogP contribution in [0.4, 0.5) is 5.69 Å². The first-order valence-electron chi connectivity index (χ1n) is 6.88. The average molecular weight is 291 g/mol. The number of nitrogens with zero attached hydrogens (tertiary/aromatic N) is 4. The molecule has 0 bridgehead atoms. The standard InChI is InChI=1S/C14H21N5O2/c1-5-9(2)8-19-14(16-17-18-19)10-6-12(20-3)13(21-4)7-11(10)15/h6-7,9H,5,8,15H2,1-4H3. The number of nitrogen functional groups attached to an aromatic ring is 1. The van der Waals surface area contributed by atoms with Gasteiger partial charge in [0.15, 0.2) is 17.3 Å². The van der Waals surface area contributed by atoms with Crippen molar-refractivity contribution >= 4 is 5.69 Å². The molecule has 0 fully saturated rings. The van der Waals surface area contributed by atoms with Gasteiger partial charge in [-0.25, -0.2) is 4.68 Å². The Balaban J connectivity index is 2.45. The number of rotatable bonds is 6. The molecule has 0 aliphatic carbocycles. The minimum absolute atomic E-state index is 0.480. The van der Waals surface area contributed by atoms with Gasteiger partial charge in [0.1, 0.15) is 0 Å². The van der Waals surface area contributed by atoms with Crippen molar-refractivity contribution in [1.29, 1.82) is 0 Å². The van der Waals surface area contributed by atoms with Gasteiger partial charge in [-0.1, -0.05) is 20.3 Å². The van der Waals surface area contributed by atoms with E-state index in [1.807, 2.05) is 0 Å². The first kappa shape index (κ1) is 15.1. The number of anilines is 1. The number of hydrogen-bond acceptors (Lipinski definition) is 6. The van der Waals surface area contributed by atoms with Crippen LogP contribution in [-0.4, -0.2) is 34.4 Å². The maximum atomic E-state index is 6.10. The molecule has 1 aromatic carbocycles. The maximum Gasteiger partial charge on any atom is 0.184 e. The second-order valence-corrected chi connectivity index (χ2v) is 4.99. The number of ether oxygens (including phenoxy) is 2. The van der Waals surface area contributed by atoms with Crippen molar-refractivity contribution < 1.29 is 9.47 Å². The number of benzene rings is 1. The lowest BCUT2D eigenvalue weighted by Crippen LogP contribution is -2.10. The van der Waals surface area contributed by atoms with Crippen molar-refractivity contribution in [3.05, 3.63) is 12.1 Å². The van der Waals surface area contributed by atoms with Gasteiger partial charge in [0.05, 0.1) is 14.2 Å². The van der Waals surface area contributed by atoms with Crippen LogP contribution in [0.1, 0.15) is 20.3 Å². The lowest BCUT2D eigenvalue weighted by molar-refractivity contribution is 0.355. The summed E-state index contributed by atoms with van der Waals surface area (Å²) in [7, 11) is 3.16. The van der Waals surface area contributed by atoms with Crippen LogP contribution in [0, 0.1) is 5.92 Å². The van der Waals surface area contributed by atoms with E-state index in [1.54, 1.807) is 31.0 Å². The number of aromatic nitrogens is 4. The second kappa shape index (κ2) is 6.43. The molecule has 2 aromatic rings. The highest BCUT2D eigenvalue weighted by molar-refractivity contribution is 5.75. The molecule has 0 saturated heterocycles. The van der Waals surface area contributed by atoms with Gasteiger partial charge >= 0.3 is 0 Å². The Hall–Kier alpha value is -2.31. The Kier molecular flexibility index (Phi) is 4.62. The zero-order valence-corrected chi connectivity index (χ0v) is 12.8. The summed E-state index contributed by atoms with van der Waals surface area (Å²) in [5, 5.41) is 11.9. The predicted molar refractivity (Wildman–Crippen MR) is 80.2 cm³/mol. The van der Waals surface area contributed by atoms with Crippen molar-refractivity contribution in [1.82, 2.24) is 20.2 Å². The Morgan fingerprint density at radius 3 is 2.52 bits per heavy atom. The molecule has 7 nitrogen and oxygen atoms in total. The van der Waals surface area contributed by atoms with Crippen LogP contribution in [-0.2, 0) is 6.54 Å². The predicted octanol–water partition coefficient (Wildman–Crippen LogP) is 1.99. The molecular formula is C14H21N5O2. The molecule has 1 unspecified atom stereocenters. The van der Waals surface area contributed by atoms with E-state index in [0.717, 1.165) is 18.5 Å². The SMILES string of the molecule is CCC(C)Cn1nnnc1-c1cc(OC)c(OC)cc1N. The van der Waals surface area contributed by atoms with Gasteiger partial charge in [0.2, 0.25) is 0 Å². The van der Waals surface area contributed by atoms with Crippen LogP contribution >= 0.6 is 0 Å². The summed E-state index contributed by atoms with van der Waals surface area (Å²) in [5.41, 5.74) is 7.39. The Labute approximate surface area is 124 Å². The molecular weight excluding hydrogens is 270 g/mol. The van der Waals surface area contributed by atoms with Crippen LogP contribution in [0.3, 0.4) is 0 Å². The van der Waals surface area contributed by atoms with Crippen LogP contribution < -0.4 is 15.2 Å². The topological polar surface area (TPSA) is 88.1 Å². The van der Waals surface area contributed by atoms with Crippen molar-refractivity contribution in [3.63, 3.8) is 0 Å². The van der Waals surface area contributed by atoms with Crippen molar-refractivity contribution in [2.45, 2.75) is 26.8 Å². The number of nitrogens with two attached hydrogens (primary N) is 1. The second-order valence-electron chi connectivity index (χ2n) is 4.99. The molecule has 0 radical (unpaired) electrons. The number of tetrazole rings is 1. The van der Waals surface area contributed by atoms with Crippen molar-refractivity contribution in [2.24, 2.45) is 5.92 Å². The third-order valence-electron chi connectivity index (χ3n) is 3.51. The molecule has 1 heterocycles. The highest BCUT2D eigenvalue weighted by atomic mass is 16.5. The Bertz CT molecular complexity index is 611. The van der Waals surface area contributed by atoms with Gasteiger partial charge in [0.25, 0.3) is 0 Å². The Morgan fingerprint density at radius 1 is 1.24 bits per heavy atom. The smallest absolute Gasteiger partial charge is 0.184 e. The molecule has 21 heavy (non-hydrogen) atoms. The first-order chi connectivity index (χ1) is 10.1. The zero-order valence-electron chi connectivity index (χ0n) is 12.8. The van der Waals surface area contributed by atoms with E-state index < -0.39 is 0 Å². The van der Waals surface area contributed by atoms with E-state index >= 15 is 0 Å². The van der Waals surface area contributed by atoms with E-state index in [9.17, 15) is 0 Å². The average Bonchev–Trinajstić information content (AvgIpc) is 2.94. The van der Waals surface area contributed by atoms with Crippen LogP contribution in [0.25, 0.3) is 11.4 Å². The summed E-state index contributed by atoms with van der Waals surface area (Å²) < 4.78 is 12.3. The van der Waals surface area contributed by atoms with E-state index in [2.05, 4.69) is 29.4 Å². The highest BCUT2D eigenvalue weighted by Gasteiger charge is 2.17.